The number of aliphatic hydroxyl groups excluding tert-OH is 1. The highest BCUT2D eigenvalue weighted by molar-refractivity contribution is 5.65. The van der Waals surface area contributed by atoms with Gasteiger partial charge in [-0.1, -0.05) is 52.4 Å². The average Bonchev–Trinajstić information content (AvgIpc) is 2.37. The monoisotopic (exact) mass is 234 g/mol. The molecule has 0 saturated heterocycles. The normalized spacial score (nSPS) is 12.6. The van der Waals surface area contributed by atoms with E-state index in [0.29, 0.717) is 6.61 Å². The molecule has 1 fully saturated rings. The smallest absolute Gasteiger partial charge is 0.302 e. The Morgan fingerprint density at radius 1 is 1.00 bits per heavy atom. The lowest BCUT2D eigenvalue weighted by atomic mass is 10.0. The van der Waals surface area contributed by atoms with Crippen molar-refractivity contribution in [2.45, 2.75) is 66.2 Å². The van der Waals surface area contributed by atoms with Crippen molar-refractivity contribution in [2.24, 2.45) is 0 Å². The molecule has 16 heavy (non-hydrogen) atoms. The second-order valence-electron chi connectivity index (χ2n) is 3.05. The van der Waals surface area contributed by atoms with Crippen LogP contribution in [0.4, 0.5) is 0 Å². The van der Waals surface area contributed by atoms with Crippen LogP contribution in [-0.2, 0) is 9.53 Å². The zero-order valence-corrected chi connectivity index (χ0v) is 11.7. The summed E-state index contributed by atoms with van der Waals surface area (Å²) in [5, 5.41) is 7.00. The van der Waals surface area contributed by atoms with Crippen LogP contribution in [0.15, 0.2) is 0 Å². The molecule has 1 aliphatic carbocycles. The molecule has 0 radical (unpaired) electrons. The summed E-state index contributed by atoms with van der Waals surface area (Å²) in [4.78, 5) is 9.82. The molecule has 0 amide bonds. The predicted octanol–water partition coefficient (Wildman–Crippen LogP) is 3.54. The van der Waals surface area contributed by atoms with Crippen molar-refractivity contribution in [3.8, 4) is 0 Å². The van der Waals surface area contributed by atoms with Gasteiger partial charge in [-0.05, 0) is 6.92 Å². The molecular formula is C13H30O3. The highest BCUT2D eigenvalue weighted by Crippen LogP contribution is 2.15. The first-order valence-electron chi connectivity index (χ1n) is 6.35. The molecule has 0 aliphatic heterocycles. The number of carbonyl (C=O) groups is 1. The molecule has 0 atom stereocenters. The minimum Gasteiger partial charge on any atom is -0.466 e. The van der Waals surface area contributed by atoms with E-state index in [2.05, 4.69) is 4.74 Å². The third-order valence-electron chi connectivity index (χ3n) is 1.85. The minimum absolute atomic E-state index is 0.211. The molecule has 0 spiro atoms. The Hall–Kier alpha value is -0.570. The largest absolute Gasteiger partial charge is 0.466 e. The Kier molecular flexibility index (Phi) is 31.1. The maximum atomic E-state index is 9.82. The highest BCUT2D eigenvalue weighted by Gasteiger charge is 1.95. The van der Waals surface area contributed by atoms with Gasteiger partial charge >= 0.3 is 5.97 Å². The molecule has 0 unspecified atom stereocenters. The summed E-state index contributed by atoms with van der Waals surface area (Å²) in [6.45, 7) is 7.65. The topological polar surface area (TPSA) is 46.5 Å². The third kappa shape index (κ3) is 29.2. The Balaban J connectivity index is -0.000000162. The summed E-state index contributed by atoms with van der Waals surface area (Å²) in [7, 11) is 1.00. The molecule has 0 bridgehead atoms. The van der Waals surface area contributed by atoms with Gasteiger partial charge in [-0.3, -0.25) is 4.79 Å². The van der Waals surface area contributed by atoms with E-state index in [9.17, 15) is 4.79 Å². The van der Waals surface area contributed by atoms with Gasteiger partial charge < -0.3 is 9.84 Å². The van der Waals surface area contributed by atoms with Crippen molar-refractivity contribution in [3.63, 3.8) is 0 Å². The van der Waals surface area contributed by atoms with Gasteiger partial charge in [0.05, 0.1) is 6.61 Å². The molecular weight excluding hydrogens is 204 g/mol. The number of ether oxygens (including phenoxy) is 1. The predicted molar refractivity (Wildman–Crippen MR) is 69.5 cm³/mol. The Morgan fingerprint density at radius 2 is 1.25 bits per heavy atom. The SMILES string of the molecule is C1CCCCC1.CC.CCOC(C)=O.CO. The zero-order valence-electron chi connectivity index (χ0n) is 11.7. The summed E-state index contributed by atoms with van der Waals surface area (Å²) in [6, 6.07) is 0. The number of hydrogen-bond donors (Lipinski definition) is 1. The lowest BCUT2D eigenvalue weighted by Crippen LogP contribution is -1.95. The second-order valence-corrected chi connectivity index (χ2v) is 3.05. The van der Waals surface area contributed by atoms with Gasteiger partial charge in [0, 0.05) is 14.0 Å². The molecule has 3 nitrogen and oxygen atoms in total. The van der Waals surface area contributed by atoms with Crippen LogP contribution in [0.3, 0.4) is 0 Å². The lowest BCUT2D eigenvalue weighted by molar-refractivity contribution is -0.140. The molecule has 3 heteroatoms. The van der Waals surface area contributed by atoms with Crippen molar-refractivity contribution in [2.75, 3.05) is 13.7 Å². The van der Waals surface area contributed by atoms with Gasteiger partial charge in [0.1, 0.15) is 0 Å². The van der Waals surface area contributed by atoms with E-state index in [0.717, 1.165) is 7.11 Å². The maximum Gasteiger partial charge on any atom is 0.302 e. The summed E-state index contributed by atoms with van der Waals surface area (Å²) in [5.74, 6) is -0.211. The van der Waals surface area contributed by atoms with Crippen molar-refractivity contribution in [3.05, 3.63) is 0 Å². The molecule has 1 saturated carbocycles. The Morgan fingerprint density at radius 3 is 1.31 bits per heavy atom. The van der Waals surface area contributed by atoms with E-state index in [4.69, 9.17) is 5.11 Å². The summed E-state index contributed by atoms with van der Waals surface area (Å²) in [5.41, 5.74) is 0. The first-order chi connectivity index (χ1) is 7.77. The summed E-state index contributed by atoms with van der Waals surface area (Å²) < 4.78 is 4.40. The molecule has 1 N–H and O–H groups in total. The number of rotatable bonds is 1. The van der Waals surface area contributed by atoms with Gasteiger partial charge in [0.25, 0.3) is 0 Å². The highest BCUT2D eigenvalue weighted by atomic mass is 16.5. The van der Waals surface area contributed by atoms with Gasteiger partial charge in [0.2, 0.25) is 0 Å². The standard InChI is InChI=1S/C6H12.C4H8O2.C2H6.CH4O/c1-2-4-6-5-3-1;1-3-6-4(2)5;2*1-2/h1-6H2;3H2,1-2H3;1-2H3;2H,1H3. The van der Waals surface area contributed by atoms with Crippen molar-refractivity contribution >= 4 is 5.97 Å². The molecule has 0 aromatic rings. The first kappa shape index (κ1) is 20.8. The van der Waals surface area contributed by atoms with Crippen LogP contribution in [0.5, 0.6) is 0 Å². The number of aliphatic hydroxyl groups is 1. The van der Waals surface area contributed by atoms with Gasteiger partial charge in [-0.15, -0.1) is 0 Å². The molecule has 0 heterocycles. The van der Waals surface area contributed by atoms with Crippen LogP contribution in [0.25, 0.3) is 0 Å². The van der Waals surface area contributed by atoms with E-state index in [1.54, 1.807) is 6.92 Å². The fraction of sp³-hybridized carbons (Fsp3) is 0.923. The Bertz CT molecular complexity index is 98.2. The van der Waals surface area contributed by atoms with Crippen molar-refractivity contribution in [1.29, 1.82) is 0 Å². The van der Waals surface area contributed by atoms with Crippen LogP contribution in [0.1, 0.15) is 66.2 Å². The molecule has 1 rings (SSSR count). The van der Waals surface area contributed by atoms with E-state index in [1.165, 1.54) is 45.4 Å². The molecule has 100 valence electrons. The van der Waals surface area contributed by atoms with E-state index in [-0.39, 0.29) is 5.97 Å². The van der Waals surface area contributed by atoms with Crippen LogP contribution >= 0.6 is 0 Å². The lowest BCUT2D eigenvalue weighted by Gasteiger charge is -2.05. The zero-order chi connectivity index (χ0) is 13.2. The van der Waals surface area contributed by atoms with Crippen molar-refractivity contribution < 1.29 is 14.6 Å². The molecule has 1 aliphatic rings. The van der Waals surface area contributed by atoms with E-state index in [1.807, 2.05) is 13.8 Å². The summed E-state index contributed by atoms with van der Waals surface area (Å²) >= 11 is 0. The third-order valence-corrected chi connectivity index (χ3v) is 1.85. The van der Waals surface area contributed by atoms with Crippen molar-refractivity contribution in [1.82, 2.24) is 0 Å². The van der Waals surface area contributed by atoms with Gasteiger partial charge in [0.15, 0.2) is 0 Å². The fourth-order valence-electron chi connectivity index (χ4n) is 1.26. The van der Waals surface area contributed by atoms with Gasteiger partial charge in [-0.25, -0.2) is 0 Å². The number of carbonyl (C=O) groups excluding carboxylic acids is 1. The minimum atomic E-state index is -0.211. The number of hydrogen-bond acceptors (Lipinski definition) is 3. The first-order valence-corrected chi connectivity index (χ1v) is 6.35. The average molecular weight is 234 g/mol. The molecule has 0 aromatic carbocycles. The number of esters is 1. The summed E-state index contributed by atoms with van der Waals surface area (Å²) in [6.07, 6.45) is 9.00. The van der Waals surface area contributed by atoms with Crippen LogP contribution in [0, 0.1) is 0 Å². The van der Waals surface area contributed by atoms with E-state index >= 15 is 0 Å². The maximum absolute atomic E-state index is 9.82. The Labute approximate surface area is 101 Å². The quantitative estimate of drug-likeness (QED) is 0.706. The van der Waals surface area contributed by atoms with Crippen LogP contribution < -0.4 is 0 Å². The van der Waals surface area contributed by atoms with Gasteiger partial charge in [-0.2, -0.15) is 0 Å². The van der Waals surface area contributed by atoms with E-state index < -0.39 is 0 Å². The molecule has 0 aromatic heterocycles. The van der Waals surface area contributed by atoms with Crippen LogP contribution in [0.2, 0.25) is 0 Å². The fourth-order valence-corrected chi connectivity index (χ4v) is 1.26. The second kappa shape index (κ2) is 23.9. The van der Waals surface area contributed by atoms with Crippen LogP contribution in [-0.4, -0.2) is 24.8 Å².